The van der Waals surface area contributed by atoms with Crippen molar-refractivity contribution in [1.82, 2.24) is 0 Å². The summed E-state index contributed by atoms with van der Waals surface area (Å²) in [6.45, 7) is 4.12. The van der Waals surface area contributed by atoms with Crippen LogP contribution in [0, 0.1) is 11.3 Å². The van der Waals surface area contributed by atoms with Gasteiger partial charge < -0.3 is 14.8 Å². The third kappa shape index (κ3) is 4.74. The number of nitrogens with one attached hydrogen (secondary N) is 1. The van der Waals surface area contributed by atoms with Gasteiger partial charge in [-0.3, -0.25) is 4.79 Å². The number of ether oxygens (including phenoxy) is 2. The molecule has 3 rings (SSSR count). The smallest absolute Gasteiger partial charge is 0.416 e. The van der Waals surface area contributed by atoms with Gasteiger partial charge in [-0.1, -0.05) is 6.07 Å². The van der Waals surface area contributed by atoms with Crippen molar-refractivity contribution in [1.29, 1.82) is 5.26 Å². The molecule has 0 unspecified atom stereocenters. The second-order valence-corrected chi connectivity index (χ2v) is 6.77. The highest BCUT2D eigenvalue weighted by molar-refractivity contribution is 6.09. The van der Waals surface area contributed by atoms with Gasteiger partial charge in [0.25, 0.3) is 5.91 Å². The summed E-state index contributed by atoms with van der Waals surface area (Å²) >= 11 is 0. The van der Waals surface area contributed by atoms with E-state index in [9.17, 15) is 23.2 Å². The highest BCUT2D eigenvalue weighted by atomic mass is 19.4. The van der Waals surface area contributed by atoms with Crippen LogP contribution in [0.25, 0.3) is 6.08 Å². The fourth-order valence-electron chi connectivity index (χ4n) is 3.12. The van der Waals surface area contributed by atoms with E-state index in [0.29, 0.717) is 23.7 Å². The standard InChI is InChI=1S/C22H19F3N2O3/c1-3-29-19-9-14-7-13(2)30-20(14)10-15(19)8-16(12-26)21(28)27-18-6-4-5-17(11-18)22(23,24)25/h4-6,8-11,13H,3,7H2,1-2H3,(H,27,28)/b16-8+/t13-/m1/s1. The van der Waals surface area contributed by atoms with Crippen molar-refractivity contribution in [3.05, 3.63) is 58.7 Å². The number of nitriles is 1. The Labute approximate surface area is 171 Å². The third-order valence-corrected chi connectivity index (χ3v) is 4.44. The lowest BCUT2D eigenvalue weighted by molar-refractivity contribution is -0.137. The number of rotatable bonds is 5. The Balaban J connectivity index is 1.90. The molecule has 5 nitrogen and oxygen atoms in total. The number of nitrogens with zero attached hydrogens (tertiary/aromatic N) is 1. The maximum Gasteiger partial charge on any atom is 0.416 e. The van der Waals surface area contributed by atoms with Crippen LogP contribution in [0.2, 0.25) is 0 Å². The van der Waals surface area contributed by atoms with E-state index < -0.39 is 17.6 Å². The molecule has 0 bridgehead atoms. The molecule has 1 heterocycles. The van der Waals surface area contributed by atoms with Crippen molar-refractivity contribution in [2.45, 2.75) is 32.5 Å². The summed E-state index contributed by atoms with van der Waals surface area (Å²) in [6, 6.07) is 9.51. The summed E-state index contributed by atoms with van der Waals surface area (Å²) in [7, 11) is 0. The summed E-state index contributed by atoms with van der Waals surface area (Å²) in [4.78, 5) is 12.5. The third-order valence-electron chi connectivity index (χ3n) is 4.44. The molecule has 1 atom stereocenters. The van der Waals surface area contributed by atoms with Gasteiger partial charge in [-0.05, 0) is 50.3 Å². The highest BCUT2D eigenvalue weighted by Crippen LogP contribution is 2.36. The normalized spacial score (nSPS) is 15.7. The number of alkyl halides is 3. The zero-order valence-corrected chi connectivity index (χ0v) is 16.3. The van der Waals surface area contributed by atoms with E-state index in [1.54, 1.807) is 12.1 Å². The van der Waals surface area contributed by atoms with Gasteiger partial charge in [0.1, 0.15) is 29.2 Å². The molecule has 0 saturated heterocycles. The first kappa shape index (κ1) is 21.2. The van der Waals surface area contributed by atoms with Crippen LogP contribution in [0.4, 0.5) is 18.9 Å². The van der Waals surface area contributed by atoms with E-state index in [1.807, 2.05) is 19.9 Å². The van der Waals surface area contributed by atoms with E-state index >= 15 is 0 Å². The van der Waals surface area contributed by atoms with Crippen LogP contribution in [0.15, 0.2) is 42.0 Å². The summed E-state index contributed by atoms with van der Waals surface area (Å²) in [6.07, 6.45) is -2.47. The SMILES string of the molecule is CCOc1cc2c(cc1/C=C(\C#N)C(=O)Nc1cccc(C(F)(F)F)c1)O[C@H](C)C2. The van der Waals surface area contributed by atoms with Crippen molar-refractivity contribution in [3.63, 3.8) is 0 Å². The molecule has 2 aromatic rings. The molecule has 156 valence electrons. The van der Waals surface area contributed by atoms with Gasteiger partial charge in [-0.15, -0.1) is 0 Å². The lowest BCUT2D eigenvalue weighted by Gasteiger charge is -2.11. The summed E-state index contributed by atoms with van der Waals surface area (Å²) < 4.78 is 50.0. The van der Waals surface area contributed by atoms with Gasteiger partial charge in [-0.2, -0.15) is 18.4 Å². The molecule has 30 heavy (non-hydrogen) atoms. The number of hydrogen-bond donors (Lipinski definition) is 1. The molecular formula is C22H19F3N2O3. The van der Waals surface area contributed by atoms with Crippen molar-refractivity contribution < 1.29 is 27.4 Å². The molecule has 1 amide bonds. The minimum absolute atomic E-state index is 0.00773. The van der Waals surface area contributed by atoms with Gasteiger partial charge in [0.15, 0.2) is 0 Å². The largest absolute Gasteiger partial charge is 0.493 e. The molecule has 0 saturated carbocycles. The van der Waals surface area contributed by atoms with Gasteiger partial charge in [0.05, 0.1) is 12.2 Å². The predicted molar refractivity (Wildman–Crippen MR) is 105 cm³/mol. The van der Waals surface area contributed by atoms with Crippen LogP contribution in [-0.4, -0.2) is 18.6 Å². The zero-order valence-electron chi connectivity index (χ0n) is 16.3. The maximum atomic E-state index is 12.9. The minimum Gasteiger partial charge on any atom is -0.493 e. The molecule has 0 radical (unpaired) electrons. The topological polar surface area (TPSA) is 71.3 Å². The summed E-state index contributed by atoms with van der Waals surface area (Å²) in [5.74, 6) is 0.315. The second kappa shape index (κ2) is 8.49. The highest BCUT2D eigenvalue weighted by Gasteiger charge is 2.30. The van der Waals surface area contributed by atoms with E-state index in [2.05, 4.69) is 5.32 Å². The molecular weight excluding hydrogens is 397 g/mol. The second-order valence-electron chi connectivity index (χ2n) is 6.77. The van der Waals surface area contributed by atoms with Crippen molar-refractivity contribution >= 4 is 17.7 Å². The number of carbonyl (C=O) groups excluding carboxylic acids is 1. The minimum atomic E-state index is -4.54. The molecule has 2 aromatic carbocycles. The van der Waals surface area contributed by atoms with Crippen LogP contribution < -0.4 is 14.8 Å². The van der Waals surface area contributed by atoms with Crippen molar-refractivity contribution in [2.24, 2.45) is 0 Å². The van der Waals surface area contributed by atoms with Gasteiger partial charge in [0.2, 0.25) is 0 Å². The zero-order chi connectivity index (χ0) is 21.9. The van der Waals surface area contributed by atoms with Gasteiger partial charge in [-0.25, -0.2) is 0 Å². The van der Waals surface area contributed by atoms with Gasteiger partial charge in [0, 0.05) is 23.2 Å². The Morgan fingerprint density at radius 2 is 2.13 bits per heavy atom. The number of amides is 1. The first-order chi connectivity index (χ1) is 14.2. The first-order valence-electron chi connectivity index (χ1n) is 9.28. The fourth-order valence-corrected chi connectivity index (χ4v) is 3.12. The monoisotopic (exact) mass is 416 g/mol. The van der Waals surface area contributed by atoms with E-state index in [0.717, 1.165) is 24.1 Å². The van der Waals surface area contributed by atoms with E-state index in [4.69, 9.17) is 9.47 Å². The Morgan fingerprint density at radius 3 is 2.80 bits per heavy atom. The number of carbonyl (C=O) groups is 1. The predicted octanol–water partition coefficient (Wildman–Crippen LogP) is 4.97. The van der Waals surface area contributed by atoms with E-state index in [1.165, 1.54) is 18.2 Å². The number of anilines is 1. The summed E-state index contributed by atoms with van der Waals surface area (Å²) in [5.41, 5.74) is 0.202. The molecule has 1 aliphatic heterocycles. The summed E-state index contributed by atoms with van der Waals surface area (Å²) in [5, 5.41) is 11.8. The molecule has 0 fully saturated rings. The Hall–Kier alpha value is -3.47. The number of hydrogen-bond acceptors (Lipinski definition) is 4. The van der Waals surface area contributed by atoms with Crippen LogP contribution in [-0.2, 0) is 17.4 Å². The Morgan fingerprint density at radius 1 is 1.37 bits per heavy atom. The average Bonchev–Trinajstić information content (AvgIpc) is 3.04. The maximum absolute atomic E-state index is 12.9. The van der Waals surface area contributed by atoms with E-state index in [-0.39, 0.29) is 17.4 Å². The number of fused-ring (bicyclic) bond motifs is 1. The lowest BCUT2D eigenvalue weighted by atomic mass is 10.0. The Bertz CT molecular complexity index is 1040. The number of halogens is 3. The first-order valence-corrected chi connectivity index (χ1v) is 9.28. The fraction of sp³-hybridized carbons (Fsp3) is 0.273. The quantitative estimate of drug-likeness (QED) is 0.552. The molecule has 8 heteroatoms. The van der Waals surface area contributed by atoms with Crippen LogP contribution in [0.3, 0.4) is 0 Å². The van der Waals surface area contributed by atoms with Crippen LogP contribution >= 0.6 is 0 Å². The van der Waals surface area contributed by atoms with Crippen LogP contribution in [0.1, 0.15) is 30.5 Å². The molecule has 0 aliphatic carbocycles. The Kier molecular flexibility index (Phi) is 6.01. The van der Waals surface area contributed by atoms with Crippen molar-refractivity contribution in [2.75, 3.05) is 11.9 Å². The van der Waals surface area contributed by atoms with Gasteiger partial charge >= 0.3 is 6.18 Å². The molecule has 1 aliphatic rings. The molecule has 1 N–H and O–H groups in total. The number of benzene rings is 2. The molecule has 0 spiro atoms. The average molecular weight is 416 g/mol. The van der Waals surface area contributed by atoms with Crippen molar-refractivity contribution in [3.8, 4) is 17.6 Å². The van der Waals surface area contributed by atoms with Crippen LogP contribution in [0.5, 0.6) is 11.5 Å². The lowest BCUT2D eigenvalue weighted by Crippen LogP contribution is -2.14. The molecule has 0 aromatic heterocycles.